The minimum Gasteiger partial charge on any atom is -0.389 e. The third-order valence-electron chi connectivity index (χ3n) is 4.22. The van der Waals surface area contributed by atoms with Crippen molar-refractivity contribution in [3.63, 3.8) is 0 Å². The molecule has 1 aliphatic rings. The number of nitrogens with one attached hydrogen (secondary N) is 1. The first-order valence-electron chi connectivity index (χ1n) is 7.45. The van der Waals surface area contributed by atoms with E-state index < -0.39 is 5.60 Å². The molecule has 4 heteroatoms. The lowest BCUT2D eigenvalue weighted by Gasteiger charge is -2.34. The fourth-order valence-electron chi connectivity index (χ4n) is 2.93. The summed E-state index contributed by atoms with van der Waals surface area (Å²) in [5, 5.41) is 15.2. The molecule has 1 atom stereocenters. The van der Waals surface area contributed by atoms with Crippen molar-refractivity contribution in [2.75, 3.05) is 6.54 Å². The highest BCUT2D eigenvalue weighted by Crippen LogP contribution is 2.30. The smallest absolute Gasteiger partial charge is 0.0771 e. The predicted octanol–water partition coefficient (Wildman–Crippen LogP) is 4.73. The number of halogens is 2. The maximum atomic E-state index is 10.6. The normalized spacial score (nSPS) is 19.8. The van der Waals surface area contributed by atoms with Crippen LogP contribution in [-0.4, -0.2) is 17.3 Å². The van der Waals surface area contributed by atoms with Gasteiger partial charge in [0.25, 0.3) is 0 Å². The Bertz CT molecular complexity index is 444. The Labute approximate surface area is 131 Å². The minimum absolute atomic E-state index is 0.204. The first-order chi connectivity index (χ1) is 9.54. The Morgan fingerprint density at radius 1 is 1.20 bits per heavy atom. The average Bonchev–Trinajstić information content (AvgIpc) is 2.44. The summed E-state index contributed by atoms with van der Waals surface area (Å²) in [6.45, 7) is 2.77. The highest BCUT2D eigenvalue weighted by atomic mass is 35.5. The molecular formula is C16H23Cl2NO. The number of hydrogen-bond donors (Lipinski definition) is 2. The van der Waals surface area contributed by atoms with Crippen molar-refractivity contribution in [1.82, 2.24) is 5.32 Å². The highest BCUT2D eigenvalue weighted by molar-refractivity contribution is 6.42. The Morgan fingerprint density at radius 2 is 1.90 bits per heavy atom. The first-order valence-corrected chi connectivity index (χ1v) is 8.20. The summed E-state index contributed by atoms with van der Waals surface area (Å²) in [5.74, 6) is 0. The lowest BCUT2D eigenvalue weighted by atomic mass is 9.84. The summed E-state index contributed by atoms with van der Waals surface area (Å²) in [7, 11) is 0. The zero-order chi connectivity index (χ0) is 14.6. The van der Waals surface area contributed by atoms with Crippen LogP contribution < -0.4 is 5.32 Å². The summed E-state index contributed by atoms with van der Waals surface area (Å²) in [5.41, 5.74) is 0.586. The van der Waals surface area contributed by atoms with Gasteiger partial charge in [-0.05, 0) is 37.0 Å². The molecule has 0 spiro atoms. The molecule has 1 saturated carbocycles. The number of rotatable bonds is 5. The molecule has 1 aromatic rings. The van der Waals surface area contributed by atoms with E-state index >= 15 is 0 Å². The van der Waals surface area contributed by atoms with Crippen molar-refractivity contribution < 1.29 is 5.11 Å². The largest absolute Gasteiger partial charge is 0.389 e. The molecule has 1 fully saturated rings. The Hall–Kier alpha value is -0.280. The highest BCUT2D eigenvalue weighted by Gasteiger charge is 2.29. The lowest BCUT2D eigenvalue weighted by Crippen LogP contribution is -2.43. The van der Waals surface area contributed by atoms with E-state index in [1.54, 1.807) is 0 Å². The van der Waals surface area contributed by atoms with E-state index in [2.05, 4.69) is 12.2 Å². The maximum absolute atomic E-state index is 10.6. The number of benzene rings is 1. The number of hydrogen-bond acceptors (Lipinski definition) is 2. The van der Waals surface area contributed by atoms with Gasteiger partial charge in [0.05, 0.1) is 15.6 Å². The molecule has 2 rings (SSSR count). The van der Waals surface area contributed by atoms with Crippen LogP contribution in [0.15, 0.2) is 18.2 Å². The van der Waals surface area contributed by atoms with Crippen molar-refractivity contribution in [3.05, 3.63) is 33.8 Å². The monoisotopic (exact) mass is 315 g/mol. The Kier molecular flexibility index (Phi) is 5.74. The molecule has 112 valence electrons. The molecule has 20 heavy (non-hydrogen) atoms. The van der Waals surface area contributed by atoms with Gasteiger partial charge in [-0.15, -0.1) is 0 Å². The van der Waals surface area contributed by atoms with Crippen LogP contribution in [0.5, 0.6) is 0 Å². The van der Waals surface area contributed by atoms with E-state index in [9.17, 15) is 5.11 Å². The Balaban J connectivity index is 1.99. The van der Waals surface area contributed by atoms with E-state index in [1.807, 2.05) is 18.2 Å². The van der Waals surface area contributed by atoms with Crippen LogP contribution in [0.2, 0.25) is 10.0 Å². The Morgan fingerprint density at radius 3 is 2.50 bits per heavy atom. The average molecular weight is 316 g/mol. The molecule has 2 N–H and O–H groups in total. The van der Waals surface area contributed by atoms with Crippen LogP contribution in [0.4, 0.5) is 0 Å². The topological polar surface area (TPSA) is 32.3 Å². The number of aliphatic hydroxyl groups is 1. The van der Waals surface area contributed by atoms with Crippen molar-refractivity contribution in [2.45, 2.75) is 57.1 Å². The van der Waals surface area contributed by atoms with Gasteiger partial charge in [-0.2, -0.15) is 0 Å². The summed E-state index contributed by atoms with van der Waals surface area (Å²) in [4.78, 5) is 0. The standard InChI is InChI=1S/C16H23Cl2NO/c1-2-15(12-6-7-13(17)14(18)10-12)19-11-16(20)8-4-3-5-9-16/h6-7,10,15,19-20H,2-5,8-9,11H2,1H3. The molecule has 0 heterocycles. The van der Waals surface area contributed by atoms with E-state index in [0.29, 0.717) is 16.6 Å². The molecule has 1 aromatic carbocycles. The van der Waals surface area contributed by atoms with Gasteiger partial charge in [-0.1, -0.05) is 55.5 Å². The zero-order valence-electron chi connectivity index (χ0n) is 12.0. The molecule has 1 aliphatic carbocycles. The van der Waals surface area contributed by atoms with E-state index in [4.69, 9.17) is 23.2 Å². The molecule has 2 nitrogen and oxygen atoms in total. The minimum atomic E-state index is -0.540. The van der Waals surface area contributed by atoms with Gasteiger partial charge in [0.2, 0.25) is 0 Å². The molecule has 0 aliphatic heterocycles. The van der Waals surface area contributed by atoms with Crippen LogP contribution in [0.25, 0.3) is 0 Å². The van der Waals surface area contributed by atoms with Crippen LogP contribution in [-0.2, 0) is 0 Å². The second-order valence-electron chi connectivity index (χ2n) is 5.80. The summed E-state index contributed by atoms with van der Waals surface area (Å²) < 4.78 is 0. The molecule has 0 aromatic heterocycles. The van der Waals surface area contributed by atoms with Crippen LogP contribution >= 0.6 is 23.2 Å². The van der Waals surface area contributed by atoms with Crippen molar-refractivity contribution in [3.8, 4) is 0 Å². The van der Waals surface area contributed by atoms with Gasteiger partial charge in [0.15, 0.2) is 0 Å². The van der Waals surface area contributed by atoms with Crippen LogP contribution in [0, 0.1) is 0 Å². The third-order valence-corrected chi connectivity index (χ3v) is 4.96. The first kappa shape index (κ1) is 16.1. The van der Waals surface area contributed by atoms with Gasteiger partial charge in [0, 0.05) is 12.6 Å². The molecular weight excluding hydrogens is 293 g/mol. The van der Waals surface area contributed by atoms with Gasteiger partial charge < -0.3 is 10.4 Å². The van der Waals surface area contributed by atoms with Crippen molar-refractivity contribution >= 4 is 23.2 Å². The van der Waals surface area contributed by atoms with Gasteiger partial charge in [-0.3, -0.25) is 0 Å². The van der Waals surface area contributed by atoms with E-state index in [1.165, 1.54) is 6.42 Å². The van der Waals surface area contributed by atoms with Crippen molar-refractivity contribution in [1.29, 1.82) is 0 Å². The molecule has 1 unspecified atom stereocenters. The lowest BCUT2D eigenvalue weighted by molar-refractivity contribution is 0.00248. The zero-order valence-corrected chi connectivity index (χ0v) is 13.5. The maximum Gasteiger partial charge on any atom is 0.0771 e. The van der Waals surface area contributed by atoms with E-state index in [0.717, 1.165) is 37.7 Å². The summed E-state index contributed by atoms with van der Waals surface area (Å²) in [6.07, 6.45) is 6.25. The van der Waals surface area contributed by atoms with Crippen LogP contribution in [0.3, 0.4) is 0 Å². The molecule has 0 radical (unpaired) electrons. The quantitative estimate of drug-likeness (QED) is 0.823. The van der Waals surface area contributed by atoms with Gasteiger partial charge >= 0.3 is 0 Å². The fourth-order valence-corrected chi connectivity index (χ4v) is 3.23. The van der Waals surface area contributed by atoms with Gasteiger partial charge in [0.1, 0.15) is 0 Å². The summed E-state index contributed by atoms with van der Waals surface area (Å²) >= 11 is 12.0. The third kappa shape index (κ3) is 4.11. The second kappa shape index (κ2) is 7.13. The molecule has 0 bridgehead atoms. The SMILES string of the molecule is CCC(NCC1(O)CCCCC1)c1ccc(Cl)c(Cl)c1. The molecule has 0 amide bonds. The molecule has 0 saturated heterocycles. The fraction of sp³-hybridized carbons (Fsp3) is 0.625. The summed E-state index contributed by atoms with van der Waals surface area (Å²) in [6, 6.07) is 5.95. The van der Waals surface area contributed by atoms with Crippen LogP contribution in [0.1, 0.15) is 57.1 Å². The van der Waals surface area contributed by atoms with Crippen molar-refractivity contribution in [2.24, 2.45) is 0 Å². The van der Waals surface area contributed by atoms with E-state index in [-0.39, 0.29) is 6.04 Å². The van der Waals surface area contributed by atoms with Gasteiger partial charge in [-0.25, -0.2) is 0 Å². The predicted molar refractivity (Wildman–Crippen MR) is 85.5 cm³/mol. The second-order valence-corrected chi connectivity index (χ2v) is 6.61.